The van der Waals surface area contributed by atoms with E-state index in [2.05, 4.69) is 33.6 Å². The molecule has 108 valence electrons. The number of aromatic nitrogens is 2. The number of piperidine rings is 1. The van der Waals surface area contributed by atoms with Crippen molar-refractivity contribution in [3.8, 4) is 0 Å². The topological polar surface area (TPSA) is 33.1 Å². The van der Waals surface area contributed by atoms with Crippen LogP contribution < -0.4 is 5.32 Å². The van der Waals surface area contributed by atoms with E-state index >= 15 is 0 Å². The third kappa shape index (κ3) is 4.62. The zero-order chi connectivity index (χ0) is 13.5. The summed E-state index contributed by atoms with van der Waals surface area (Å²) < 4.78 is 2.17. The van der Waals surface area contributed by atoms with Crippen LogP contribution in [0.2, 0.25) is 0 Å². The molecule has 0 spiro atoms. The predicted octanol–water partition coefficient (Wildman–Crippen LogP) is 1.98. The minimum Gasteiger partial charge on any atom is -0.337 e. The molecule has 0 aromatic carbocycles. The van der Waals surface area contributed by atoms with Crippen LogP contribution in [0.3, 0.4) is 0 Å². The van der Waals surface area contributed by atoms with Crippen molar-refractivity contribution in [2.24, 2.45) is 5.92 Å². The number of nitrogens with one attached hydrogen (secondary N) is 1. The van der Waals surface area contributed by atoms with Gasteiger partial charge in [-0.15, -0.1) is 0 Å². The molecule has 4 nitrogen and oxygen atoms in total. The van der Waals surface area contributed by atoms with E-state index in [9.17, 15) is 0 Å². The minimum atomic E-state index is 0.679. The van der Waals surface area contributed by atoms with Crippen LogP contribution in [-0.2, 0) is 6.54 Å². The molecule has 0 amide bonds. The van der Waals surface area contributed by atoms with Crippen LogP contribution in [0.4, 0.5) is 0 Å². The number of likely N-dealkylation sites (tertiary alicyclic amines) is 1. The lowest BCUT2D eigenvalue weighted by atomic mass is 9.90. The third-order valence-corrected chi connectivity index (χ3v) is 4.32. The molecule has 0 aliphatic carbocycles. The molecule has 4 heteroatoms. The first-order valence-electron chi connectivity index (χ1n) is 7.71. The molecule has 1 saturated heterocycles. The highest BCUT2D eigenvalue weighted by molar-refractivity contribution is 4.79. The Bertz CT molecular complexity index is 328. The number of hydrogen-bond donors (Lipinski definition) is 1. The fourth-order valence-electron chi connectivity index (χ4n) is 3.06. The molecule has 2 rings (SSSR count). The Morgan fingerprint density at radius 2 is 2.11 bits per heavy atom. The molecule has 1 unspecified atom stereocenters. The quantitative estimate of drug-likeness (QED) is 0.817. The average molecular weight is 264 g/mol. The normalized spacial score (nSPS) is 19.7. The van der Waals surface area contributed by atoms with Gasteiger partial charge in [-0.05, 0) is 58.3 Å². The maximum absolute atomic E-state index is 4.08. The van der Waals surface area contributed by atoms with Gasteiger partial charge in [0, 0.05) is 25.0 Å². The van der Waals surface area contributed by atoms with Gasteiger partial charge in [0.05, 0.1) is 6.33 Å². The van der Waals surface area contributed by atoms with Gasteiger partial charge in [-0.1, -0.05) is 6.92 Å². The molecule has 2 heterocycles. The summed E-state index contributed by atoms with van der Waals surface area (Å²) in [6, 6.07) is 0.679. The van der Waals surface area contributed by atoms with Crippen molar-refractivity contribution in [1.29, 1.82) is 0 Å². The lowest BCUT2D eigenvalue weighted by Crippen LogP contribution is -2.42. The average Bonchev–Trinajstić information content (AvgIpc) is 2.93. The number of aryl methyl sites for hydroxylation is 1. The molecular weight excluding hydrogens is 236 g/mol. The first kappa shape index (κ1) is 14.5. The number of hydrogen-bond acceptors (Lipinski definition) is 3. The first-order chi connectivity index (χ1) is 9.29. The van der Waals surface area contributed by atoms with E-state index in [0.717, 1.165) is 19.0 Å². The smallest absolute Gasteiger partial charge is 0.0945 e. The number of imidazole rings is 1. The van der Waals surface area contributed by atoms with E-state index in [4.69, 9.17) is 0 Å². The van der Waals surface area contributed by atoms with Crippen LogP contribution in [0.5, 0.6) is 0 Å². The summed E-state index contributed by atoms with van der Waals surface area (Å²) in [5, 5.41) is 3.56. The fraction of sp³-hybridized carbons (Fsp3) is 0.800. The van der Waals surface area contributed by atoms with Crippen LogP contribution in [-0.4, -0.2) is 46.7 Å². The second-order valence-electron chi connectivity index (χ2n) is 5.68. The van der Waals surface area contributed by atoms with Crippen LogP contribution in [0.1, 0.15) is 33.1 Å². The summed E-state index contributed by atoms with van der Waals surface area (Å²) in [6.07, 6.45) is 9.73. The molecule has 1 aliphatic heterocycles. The van der Waals surface area contributed by atoms with Crippen molar-refractivity contribution in [1.82, 2.24) is 19.8 Å². The summed E-state index contributed by atoms with van der Waals surface area (Å²) >= 11 is 0. The summed E-state index contributed by atoms with van der Waals surface area (Å²) in [5.74, 6) is 0.866. The highest BCUT2D eigenvalue weighted by Gasteiger charge is 2.22. The molecule has 1 aromatic heterocycles. The molecule has 0 bridgehead atoms. The van der Waals surface area contributed by atoms with Crippen molar-refractivity contribution >= 4 is 0 Å². The third-order valence-electron chi connectivity index (χ3n) is 4.32. The van der Waals surface area contributed by atoms with Gasteiger partial charge in [-0.3, -0.25) is 0 Å². The molecule has 0 saturated carbocycles. The Balaban J connectivity index is 1.60. The van der Waals surface area contributed by atoms with Gasteiger partial charge in [0.2, 0.25) is 0 Å². The minimum absolute atomic E-state index is 0.679. The highest BCUT2D eigenvalue weighted by atomic mass is 15.1. The number of nitrogens with zero attached hydrogens (tertiary/aromatic N) is 3. The van der Waals surface area contributed by atoms with E-state index in [1.54, 1.807) is 0 Å². The molecule has 19 heavy (non-hydrogen) atoms. The molecular formula is C15H28N4. The lowest BCUT2D eigenvalue weighted by molar-refractivity contribution is 0.160. The van der Waals surface area contributed by atoms with E-state index in [-0.39, 0.29) is 0 Å². The Labute approximate surface area is 117 Å². The van der Waals surface area contributed by atoms with E-state index < -0.39 is 0 Å². The van der Waals surface area contributed by atoms with Crippen LogP contribution >= 0.6 is 0 Å². The largest absolute Gasteiger partial charge is 0.337 e. The zero-order valence-corrected chi connectivity index (χ0v) is 12.4. The van der Waals surface area contributed by atoms with Crippen molar-refractivity contribution in [3.05, 3.63) is 18.7 Å². The van der Waals surface area contributed by atoms with Gasteiger partial charge in [-0.25, -0.2) is 4.98 Å². The lowest BCUT2D eigenvalue weighted by Gasteiger charge is -2.35. The van der Waals surface area contributed by atoms with Gasteiger partial charge in [0.1, 0.15) is 0 Å². The van der Waals surface area contributed by atoms with Crippen molar-refractivity contribution in [2.45, 2.75) is 45.7 Å². The highest BCUT2D eigenvalue weighted by Crippen LogP contribution is 2.20. The Morgan fingerprint density at radius 3 is 2.74 bits per heavy atom. The SMILES string of the molecule is CCNC(C)C1CCN(CCCn2ccnc2)CC1. The maximum atomic E-state index is 4.08. The standard InChI is InChI=1S/C15H28N4/c1-3-17-14(2)15-5-10-18(11-6-15)8-4-9-19-12-7-16-13-19/h7,12-15,17H,3-6,8-11H2,1-2H3. The van der Waals surface area contributed by atoms with Crippen molar-refractivity contribution in [3.63, 3.8) is 0 Å². The number of rotatable bonds is 7. The fourth-order valence-corrected chi connectivity index (χ4v) is 3.06. The predicted molar refractivity (Wildman–Crippen MR) is 79.1 cm³/mol. The van der Waals surface area contributed by atoms with Crippen molar-refractivity contribution in [2.75, 3.05) is 26.2 Å². The Kier molecular flexibility index (Phi) is 5.86. The maximum Gasteiger partial charge on any atom is 0.0945 e. The van der Waals surface area contributed by atoms with Gasteiger partial charge in [0.15, 0.2) is 0 Å². The molecule has 1 aliphatic rings. The van der Waals surface area contributed by atoms with Gasteiger partial charge < -0.3 is 14.8 Å². The summed E-state index contributed by atoms with van der Waals surface area (Å²) in [5.41, 5.74) is 0. The molecule has 0 radical (unpaired) electrons. The van der Waals surface area contributed by atoms with Gasteiger partial charge >= 0.3 is 0 Å². The zero-order valence-electron chi connectivity index (χ0n) is 12.4. The first-order valence-corrected chi connectivity index (χ1v) is 7.71. The Hall–Kier alpha value is -0.870. The van der Waals surface area contributed by atoms with Gasteiger partial charge in [0.25, 0.3) is 0 Å². The summed E-state index contributed by atoms with van der Waals surface area (Å²) in [4.78, 5) is 6.69. The Morgan fingerprint density at radius 1 is 1.32 bits per heavy atom. The van der Waals surface area contributed by atoms with E-state index in [0.29, 0.717) is 6.04 Å². The van der Waals surface area contributed by atoms with Crippen LogP contribution in [0, 0.1) is 5.92 Å². The van der Waals surface area contributed by atoms with Crippen LogP contribution in [0.25, 0.3) is 0 Å². The van der Waals surface area contributed by atoms with Crippen LogP contribution in [0.15, 0.2) is 18.7 Å². The van der Waals surface area contributed by atoms with Gasteiger partial charge in [-0.2, -0.15) is 0 Å². The summed E-state index contributed by atoms with van der Waals surface area (Å²) in [7, 11) is 0. The molecule has 1 atom stereocenters. The second kappa shape index (κ2) is 7.65. The van der Waals surface area contributed by atoms with E-state index in [1.807, 2.05) is 18.7 Å². The van der Waals surface area contributed by atoms with Crippen molar-refractivity contribution < 1.29 is 0 Å². The molecule has 1 fully saturated rings. The second-order valence-corrected chi connectivity index (χ2v) is 5.68. The van der Waals surface area contributed by atoms with E-state index in [1.165, 1.54) is 38.9 Å². The summed E-state index contributed by atoms with van der Waals surface area (Å²) in [6.45, 7) is 10.5. The monoisotopic (exact) mass is 264 g/mol. The molecule has 1 N–H and O–H groups in total. The molecule has 1 aromatic rings.